The van der Waals surface area contributed by atoms with Crippen molar-refractivity contribution in [1.29, 1.82) is 0 Å². The molecular formula is C26H28N4O6. The zero-order chi connectivity index (χ0) is 25.2. The fraction of sp³-hybridized carbons (Fsp3) is 0.423. The fourth-order valence-electron chi connectivity index (χ4n) is 5.12. The summed E-state index contributed by atoms with van der Waals surface area (Å²) < 4.78 is 5.55. The summed E-state index contributed by atoms with van der Waals surface area (Å²) in [6.45, 7) is 1.04. The molecule has 1 fully saturated rings. The van der Waals surface area contributed by atoms with Gasteiger partial charge in [-0.15, -0.1) is 0 Å². The highest BCUT2D eigenvalue weighted by Gasteiger charge is 2.45. The number of rotatable bonds is 8. The maximum atomic E-state index is 13.1. The molecule has 1 unspecified atom stereocenters. The number of amides is 5. The van der Waals surface area contributed by atoms with Crippen molar-refractivity contribution in [1.82, 2.24) is 15.5 Å². The summed E-state index contributed by atoms with van der Waals surface area (Å²) in [5.41, 5.74) is 2.67. The van der Waals surface area contributed by atoms with Gasteiger partial charge in [0.05, 0.1) is 16.7 Å². The van der Waals surface area contributed by atoms with Gasteiger partial charge in [-0.1, -0.05) is 6.07 Å². The van der Waals surface area contributed by atoms with E-state index in [1.165, 1.54) is 0 Å². The highest BCUT2D eigenvalue weighted by molar-refractivity contribution is 6.25. The van der Waals surface area contributed by atoms with Gasteiger partial charge < -0.3 is 15.1 Å². The molecule has 2 aliphatic heterocycles. The molecule has 188 valence electrons. The summed E-state index contributed by atoms with van der Waals surface area (Å²) in [6.07, 6.45) is 7.13. The summed E-state index contributed by atoms with van der Waals surface area (Å²) in [5, 5.41) is 8.36. The lowest BCUT2D eigenvalue weighted by molar-refractivity contribution is -0.136. The van der Waals surface area contributed by atoms with E-state index in [0.717, 1.165) is 54.7 Å². The summed E-state index contributed by atoms with van der Waals surface area (Å²) >= 11 is 0. The van der Waals surface area contributed by atoms with E-state index in [4.69, 9.17) is 4.42 Å². The number of benzene rings is 1. The SMILES string of the molecule is O=C1CCC(N2C(=O)c3cccc(NCCCCNC(=O)c4coc5c4CCCC5)c3C2=O)C(=O)N1. The van der Waals surface area contributed by atoms with Gasteiger partial charge in [-0.3, -0.25) is 34.2 Å². The third kappa shape index (κ3) is 4.38. The van der Waals surface area contributed by atoms with E-state index >= 15 is 0 Å². The Morgan fingerprint density at radius 2 is 1.83 bits per heavy atom. The Labute approximate surface area is 207 Å². The van der Waals surface area contributed by atoms with Crippen LogP contribution in [0.1, 0.15) is 80.9 Å². The normalized spacial score (nSPS) is 19.1. The molecule has 5 amide bonds. The first kappa shape index (κ1) is 23.8. The van der Waals surface area contributed by atoms with Crippen LogP contribution in [0.3, 0.4) is 0 Å². The van der Waals surface area contributed by atoms with Crippen LogP contribution in [0.15, 0.2) is 28.9 Å². The third-order valence-electron chi connectivity index (χ3n) is 6.98. The highest BCUT2D eigenvalue weighted by Crippen LogP contribution is 2.32. The predicted molar refractivity (Wildman–Crippen MR) is 129 cm³/mol. The van der Waals surface area contributed by atoms with E-state index in [1.54, 1.807) is 24.5 Å². The molecule has 2 aromatic rings. The third-order valence-corrected chi connectivity index (χ3v) is 6.98. The van der Waals surface area contributed by atoms with Crippen LogP contribution in [0, 0.1) is 0 Å². The molecule has 0 spiro atoms. The van der Waals surface area contributed by atoms with E-state index in [9.17, 15) is 24.0 Å². The van der Waals surface area contributed by atoms with Gasteiger partial charge in [0.15, 0.2) is 0 Å². The van der Waals surface area contributed by atoms with Gasteiger partial charge in [0.25, 0.3) is 17.7 Å². The monoisotopic (exact) mass is 492 g/mol. The molecule has 5 rings (SSSR count). The van der Waals surface area contributed by atoms with Crippen molar-refractivity contribution in [3.63, 3.8) is 0 Å². The Bertz CT molecular complexity index is 1250. The maximum absolute atomic E-state index is 13.1. The first-order valence-corrected chi connectivity index (χ1v) is 12.4. The highest BCUT2D eigenvalue weighted by atomic mass is 16.3. The first-order chi connectivity index (χ1) is 17.5. The molecule has 3 aliphatic rings. The smallest absolute Gasteiger partial charge is 0.264 e. The second kappa shape index (κ2) is 9.96. The summed E-state index contributed by atoms with van der Waals surface area (Å²) in [4.78, 5) is 63.2. The van der Waals surface area contributed by atoms with Crippen molar-refractivity contribution >= 4 is 35.2 Å². The van der Waals surface area contributed by atoms with Gasteiger partial charge in [-0.2, -0.15) is 0 Å². The topological polar surface area (TPSA) is 138 Å². The number of carbonyl (C=O) groups is 5. The molecule has 1 atom stereocenters. The summed E-state index contributed by atoms with van der Waals surface area (Å²) in [5.74, 6) is -1.30. The minimum Gasteiger partial charge on any atom is -0.468 e. The van der Waals surface area contributed by atoms with Crippen molar-refractivity contribution in [2.45, 2.75) is 57.4 Å². The predicted octanol–water partition coefficient (Wildman–Crippen LogP) is 2.18. The molecule has 1 aromatic carbocycles. The minimum atomic E-state index is -0.993. The molecule has 10 nitrogen and oxygen atoms in total. The minimum absolute atomic E-state index is 0.0779. The molecule has 0 bridgehead atoms. The molecule has 0 saturated carbocycles. The molecule has 1 saturated heterocycles. The van der Waals surface area contributed by atoms with Crippen LogP contribution in [-0.2, 0) is 22.4 Å². The Morgan fingerprint density at radius 3 is 2.67 bits per heavy atom. The van der Waals surface area contributed by atoms with E-state index in [2.05, 4.69) is 16.0 Å². The van der Waals surface area contributed by atoms with Crippen LogP contribution >= 0.6 is 0 Å². The van der Waals surface area contributed by atoms with Crippen molar-refractivity contribution in [2.75, 3.05) is 18.4 Å². The number of unbranched alkanes of at least 4 members (excludes halogenated alkanes) is 1. The van der Waals surface area contributed by atoms with Crippen LogP contribution in [0.2, 0.25) is 0 Å². The van der Waals surface area contributed by atoms with Crippen LogP contribution in [0.5, 0.6) is 0 Å². The first-order valence-electron chi connectivity index (χ1n) is 12.4. The van der Waals surface area contributed by atoms with E-state index in [0.29, 0.717) is 24.3 Å². The Hall–Kier alpha value is -3.95. The second-order valence-corrected chi connectivity index (χ2v) is 9.32. The lowest BCUT2D eigenvalue weighted by Gasteiger charge is -2.27. The van der Waals surface area contributed by atoms with Gasteiger partial charge in [0, 0.05) is 37.2 Å². The number of nitrogens with zero attached hydrogens (tertiary/aromatic N) is 1. The van der Waals surface area contributed by atoms with Crippen LogP contribution < -0.4 is 16.0 Å². The van der Waals surface area contributed by atoms with Crippen molar-refractivity contribution in [3.05, 3.63) is 52.5 Å². The number of anilines is 1. The van der Waals surface area contributed by atoms with Crippen molar-refractivity contribution < 1.29 is 28.4 Å². The average molecular weight is 493 g/mol. The van der Waals surface area contributed by atoms with Crippen LogP contribution in [0.4, 0.5) is 5.69 Å². The Morgan fingerprint density at radius 1 is 1.03 bits per heavy atom. The molecule has 10 heteroatoms. The number of nitrogens with one attached hydrogen (secondary N) is 3. The number of furan rings is 1. The number of piperidine rings is 1. The molecular weight excluding hydrogens is 464 g/mol. The van der Waals surface area contributed by atoms with Gasteiger partial charge in [0.1, 0.15) is 18.1 Å². The Balaban J connectivity index is 1.13. The van der Waals surface area contributed by atoms with E-state index in [1.807, 2.05) is 0 Å². The molecule has 1 aromatic heterocycles. The number of carbonyl (C=O) groups excluding carboxylic acids is 5. The fourth-order valence-corrected chi connectivity index (χ4v) is 5.12. The quantitative estimate of drug-likeness (QED) is 0.379. The number of hydrogen-bond acceptors (Lipinski definition) is 7. The zero-order valence-corrected chi connectivity index (χ0v) is 19.9. The maximum Gasteiger partial charge on any atom is 0.264 e. The average Bonchev–Trinajstić information content (AvgIpc) is 3.41. The molecule has 0 radical (unpaired) electrons. The number of imide groups is 2. The zero-order valence-electron chi connectivity index (χ0n) is 19.9. The summed E-state index contributed by atoms with van der Waals surface area (Å²) in [7, 11) is 0. The number of fused-ring (bicyclic) bond motifs is 2. The van der Waals surface area contributed by atoms with Gasteiger partial charge >= 0.3 is 0 Å². The lowest BCUT2D eigenvalue weighted by atomic mass is 9.95. The largest absolute Gasteiger partial charge is 0.468 e. The molecule has 36 heavy (non-hydrogen) atoms. The van der Waals surface area contributed by atoms with E-state index < -0.39 is 29.7 Å². The molecule has 3 heterocycles. The molecule has 3 N–H and O–H groups in total. The second-order valence-electron chi connectivity index (χ2n) is 9.32. The van der Waals surface area contributed by atoms with Gasteiger partial charge in [-0.05, 0) is 50.7 Å². The molecule has 1 aliphatic carbocycles. The Kier molecular flexibility index (Phi) is 6.58. The number of aryl methyl sites for hydroxylation is 1. The standard InChI is InChI=1S/C26H28N4O6/c31-21-11-10-19(24(33)29-21)30-25(34)16-7-5-8-18(22(16)26(30)35)27-12-3-4-13-28-23(32)17-14-36-20-9-2-1-6-15(17)20/h5,7-8,14,19,27H,1-4,6,9-13H2,(H,28,32)(H,29,31,33). The van der Waals surface area contributed by atoms with Gasteiger partial charge in [0.2, 0.25) is 11.8 Å². The van der Waals surface area contributed by atoms with Crippen molar-refractivity contribution in [3.8, 4) is 0 Å². The van der Waals surface area contributed by atoms with Crippen molar-refractivity contribution in [2.24, 2.45) is 0 Å². The summed E-state index contributed by atoms with van der Waals surface area (Å²) in [6, 6.07) is 3.98. The van der Waals surface area contributed by atoms with Gasteiger partial charge in [-0.25, -0.2) is 0 Å². The number of hydrogen-bond donors (Lipinski definition) is 3. The van der Waals surface area contributed by atoms with E-state index in [-0.39, 0.29) is 29.9 Å². The van der Waals surface area contributed by atoms with Crippen LogP contribution in [0.25, 0.3) is 0 Å². The van der Waals surface area contributed by atoms with Crippen LogP contribution in [-0.4, -0.2) is 53.6 Å². The lowest BCUT2D eigenvalue weighted by Crippen LogP contribution is -2.54.